The summed E-state index contributed by atoms with van der Waals surface area (Å²) >= 11 is 1.40. The standard InChI is InChI=1S/C25H29N5OS/c1-6-7-8-12-21-28-30-23(26)20(24(31)27-25(30)32-21)14-19-13-17(4)29(18(19)5)22-15(2)10-9-11-16(22)3/h9-11,13-14,26H,6-8,12H2,1-5H3/b20-14+,26-23?. The Hall–Kier alpha value is -2.93. The van der Waals surface area contributed by atoms with Gasteiger partial charge in [-0.25, -0.2) is 0 Å². The number of aryl methyl sites for hydroxylation is 3. The van der Waals surface area contributed by atoms with Crippen molar-refractivity contribution in [2.75, 3.05) is 0 Å². The number of nitrogens with zero attached hydrogens (tertiary/aromatic N) is 4. The minimum atomic E-state index is -0.379. The van der Waals surface area contributed by atoms with Crippen LogP contribution in [0.4, 0.5) is 0 Å². The molecule has 7 heteroatoms. The number of hydrogen-bond donors (Lipinski definition) is 1. The quantitative estimate of drug-likeness (QED) is 0.442. The zero-order valence-electron chi connectivity index (χ0n) is 19.3. The molecule has 0 spiro atoms. The van der Waals surface area contributed by atoms with E-state index in [1.165, 1.54) is 27.9 Å². The molecule has 32 heavy (non-hydrogen) atoms. The molecule has 0 aliphatic carbocycles. The van der Waals surface area contributed by atoms with Crippen molar-refractivity contribution in [3.05, 3.63) is 57.9 Å². The van der Waals surface area contributed by atoms with Crippen molar-refractivity contribution in [1.29, 1.82) is 5.41 Å². The molecule has 0 bridgehead atoms. The number of nitrogens with one attached hydrogen (secondary N) is 1. The minimum Gasteiger partial charge on any atom is -0.317 e. The maximum absolute atomic E-state index is 12.8. The summed E-state index contributed by atoms with van der Waals surface area (Å²) in [6.07, 6.45) is 5.98. The van der Waals surface area contributed by atoms with Crippen LogP contribution in [0.15, 0.2) is 39.9 Å². The van der Waals surface area contributed by atoms with Crippen molar-refractivity contribution in [2.45, 2.75) is 60.3 Å². The Balaban J connectivity index is 1.68. The Morgan fingerprint density at radius 2 is 1.84 bits per heavy atom. The van der Waals surface area contributed by atoms with Crippen molar-refractivity contribution >= 4 is 39.8 Å². The number of aliphatic imine (C=N–C) groups is 1. The van der Waals surface area contributed by atoms with E-state index < -0.39 is 0 Å². The highest BCUT2D eigenvalue weighted by atomic mass is 32.2. The predicted octanol–water partition coefficient (Wildman–Crippen LogP) is 5.91. The van der Waals surface area contributed by atoms with Gasteiger partial charge in [0.1, 0.15) is 5.04 Å². The van der Waals surface area contributed by atoms with Gasteiger partial charge in [-0.2, -0.15) is 15.1 Å². The summed E-state index contributed by atoms with van der Waals surface area (Å²) in [5.41, 5.74) is 6.85. The van der Waals surface area contributed by atoms with Crippen LogP contribution < -0.4 is 0 Å². The first kappa shape index (κ1) is 22.3. The molecule has 2 aromatic rings. The molecule has 2 aliphatic rings. The Morgan fingerprint density at radius 3 is 2.53 bits per heavy atom. The number of aromatic nitrogens is 1. The predicted molar refractivity (Wildman–Crippen MR) is 134 cm³/mol. The van der Waals surface area contributed by atoms with Gasteiger partial charge in [0.25, 0.3) is 5.91 Å². The van der Waals surface area contributed by atoms with E-state index in [1.54, 1.807) is 6.08 Å². The number of hydrazone groups is 1. The van der Waals surface area contributed by atoms with Gasteiger partial charge in [0.15, 0.2) is 5.84 Å². The number of rotatable bonds is 6. The number of thioether (sulfide) groups is 1. The number of unbranched alkanes of at least 4 members (excludes halogenated alkanes) is 2. The molecule has 166 valence electrons. The normalized spacial score (nSPS) is 17.2. The van der Waals surface area contributed by atoms with E-state index in [0.717, 1.165) is 53.4 Å². The monoisotopic (exact) mass is 447 g/mol. The Bertz CT molecular complexity index is 1180. The third kappa shape index (κ3) is 3.97. The molecule has 0 saturated heterocycles. The summed E-state index contributed by atoms with van der Waals surface area (Å²) in [5, 5.41) is 16.1. The van der Waals surface area contributed by atoms with E-state index in [-0.39, 0.29) is 17.3 Å². The van der Waals surface area contributed by atoms with Crippen LogP contribution in [0.2, 0.25) is 0 Å². The summed E-state index contributed by atoms with van der Waals surface area (Å²) in [5.74, 6) is -0.287. The van der Waals surface area contributed by atoms with E-state index in [1.807, 2.05) is 6.92 Å². The molecular weight excluding hydrogens is 418 g/mol. The van der Waals surface area contributed by atoms with Crippen LogP contribution >= 0.6 is 11.8 Å². The molecule has 0 fully saturated rings. The molecule has 1 aromatic heterocycles. The van der Waals surface area contributed by atoms with Crippen molar-refractivity contribution in [2.24, 2.45) is 10.1 Å². The summed E-state index contributed by atoms with van der Waals surface area (Å²) in [7, 11) is 0. The van der Waals surface area contributed by atoms with Crippen molar-refractivity contribution < 1.29 is 4.79 Å². The van der Waals surface area contributed by atoms with Gasteiger partial charge in [-0.15, -0.1) is 0 Å². The number of benzene rings is 1. The Labute approximate surface area is 193 Å². The van der Waals surface area contributed by atoms with Gasteiger partial charge < -0.3 is 4.57 Å². The maximum Gasteiger partial charge on any atom is 0.283 e. The van der Waals surface area contributed by atoms with Crippen LogP contribution in [-0.4, -0.2) is 31.5 Å². The van der Waals surface area contributed by atoms with Gasteiger partial charge in [-0.3, -0.25) is 10.2 Å². The highest BCUT2D eigenvalue weighted by molar-refractivity contribution is 8.26. The first-order valence-electron chi connectivity index (χ1n) is 11.1. The molecule has 0 atom stereocenters. The molecular formula is C25H29N5OS. The Morgan fingerprint density at radius 1 is 1.12 bits per heavy atom. The lowest BCUT2D eigenvalue weighted by molar-refractivity contribution is -0.114. The highest BCUT2D eigenvalue weighted by Crippen LogP contribution is 2.32. The highest BCUT2D eigenvalue weighted by Gasteiger charge is 2.35. The number of hydrogen-bond acceptors (Lipinski definition) is 4. The van der Waals surface area contributed by atoms with Gasteiger partial charge in [0, 0.05) is 11.4 Å². The molecule has 1 N–H and O–H groups in total. The number of fused-ring (bicyclic) bond motifs is 1. The first-order valence-corrected chi connectivity index (χ1v) is 11.9. The zero-order valence-corrected chi connectivity index (χ0v) is 20.1. The van der Waals surface area contributed by atoms with Crippen LogP contribution in [0.1, 0.15) is 60.7 Å². The van der Waals surface area contributed by atoms with E-state index in [9.17, 15) is 4.79 Å². The summed E-state index contributed by atoms with van der Waals surface area (Å²) in [4.78, 5) is 17.0. The fraction of sp³-hybridized carbons (Fsp3) is 0.360. The van der Waals surface area contributed by atoms with Gasteiger partial charge >= 0.3 is 0 Å². The number of carbonyl (C=O) groups excluding carboxylic acids is 1. The number of amides is 1. The lowest BCUT2D eigenvalue weighted by Crippen LogP contribution is -2.35. The van der Waals surface area contributed by atoms with Crippen molar-refractivity contribution in [3.63, 3.8) is 0 Å². The summed E-state index contributed by atoms with van der Waals surface area (Å²) in [6, 6.07) is 8.34. The van der Waals surface area contributed by atoms with E-state index in [2.05, 4.69) is 66.6 Å². The Kier molecular flexibility index (Phi) is 6.20. The number of carbonyl (C=O) groups is 1. The minimum absolute atomic E-state index is 0.0925. The lowest BCUT2D eigenvalue weighted by atomic mass is 10.1. The molecule has 1 aromatic carbocycles. The average Bonchev–Trinajstić information content (AvgIpc) is 3.26. The molecule has 0 saturated carbocycles. The number of amidine groups is 2. The molecule has 1 amide bonds. The number of para-hydroxylation sites is 1. The SMILES string of the molecule is CCCCCC1=NN2C(=N)/C(=C\c3cc(C)n(-c4c(C)cccc4C)c3C)C(=O)N=C2S1. The fourth-order valence-electron chi connectivity index (χ4n) is 4.25. The first-order chi connectivity index (χ1) is 15.3. The van der Waals surface area contributed by atoms with Crippen LogP contribution in [0, 0.1) is 33.1 Å². The van der Waals surface area contributed by atoms with E-state index in [0.29, 0.717) is 5.17 Å². The maximum atomic E-state index is 12.8. The third-order valence-corrected chi connectivity index (χ3v) is 6.89. The second kappa shape index (κ2) is 8.90. The second-order valence-electron chi connectivity index (χ2n) is 8.37. The lowest BCUT2D eigenvalue weighted by Gasteiger charge is -2.20. The summed E-state index contributed by atoms with van der Waals surface area (Å²) < 4.78 is 2.22. The van der Waals surface area contributed by atoms with E-state index >= 15 is 0 Å². The van der Waals surface area contributed by atoms with Crippen molar-refractivity contribution in [1.82, 2.24) is 9.58 Å². The summed E-state index contributed by atoms with van der Waals surface area (Å²) in [6.45, 7) is 10.5. The van der Waals surface area contributed by atoms with Crippen LogP contribution in [-0.2, 0) is 4.79 Å². The molecule has 6 nitrogen and oxygen atoms in total. The molecule has 0 radical (unpaired) electrons. The van der Waals surface area contributed by atoms with Crippen LogP contribution in [0.25, 0.3) is 11.8 Å². The van der Waals surface area contributed by atoms with Crippen LogP contribution in [0.3, 0.4) is 0 Å². The van der Waals surface area contributed by atoms with Gasteiger partial charge in [0.2, 0.25) is 5.17 Å². The largest absolute Gasteiger partial charge is 0.317 e. The van der Waals surface area contributed by atoms with Gasteiger partial charge in [-0.05, 0) is 81.1 Å². The topological polar surface area (TPSA) is 73.8 Å². The molecule has 2 aliphatic heterocycles. The fourth-order valence-corrected chi connectivity index (χ4v) is 5.18. The molecule has 0 unspecified atom stereocenters. The zero-order chi connectivity index (χ0) is 23.0. The van der Waals surface area contributed by atoms with E-state index in [4.69, 9.17) is 5.41 Å². The molecule has 4 rings (SSSR count). The second-order valence-corrected chi connectivity index (χ2v) is 9.41. The third-order valence-electron chi connectivity index (χ3n) is 5.92. The molecule has 3 heterocycles. The van der Waals surface area contributed by atoms with Gasteiger partial charge in [-0.1, -0.05) is 38.0 Å². The van der Waals surface area contributed by atoms with Crippen molar-refractivity contribution in [3.8, 4) is 5.69 Å². The average molecular weight is 448 g/mol. The van der Waals surface area contributed by atoms with Crippen LogP contribution in [0.5, 0.6) is 0 Å². The van der Waals surface area contributed by atoms with Gasteiger partial charge in [0.05, 0.1) is 11.3 Å². The smallest absolute Gasteiger partial charge is 0.283 e.